The lowest BCUT2D eigenvalue weighted by Crippen LogP contribution is -2.50. The molecule has 5 nitrogen and oxygen atoms in total. The Balaban J connectivity index is 1.65. The highest BCUT2D eigenvalue weighted by Gasteiger charge is 2.45. The number of amides is 1. The van der Waals surface area contributed by atoms with Gasteiger partial charge in [-0.05, 0) is 51.8 Å². The molecule has 1 aromatic rings. The number of halogens is 1. The molecular weight excluding hydrogens is 325 g/mol. The molecule has 2 aliphatic heterocycles. The van der Waals surface area contributed by atoms with Crippen LogP contribution in [0.3, 0.4) is 0 Å². The van der Waals surface area contributed by atoms with Crippen LogP contribution in [0.15, 0.2) is 18.2 Å². The summed E-state index contributed by atoms with van der Waals surface area (Å²) in [6, 6.07) is 4.67. The SMILES string of the molecule is CC(C)(C)OC(=O)N1[C@@H]2CC[C@H]1C[C@@H](Oc1ccc(F)c(CO)c1)C2. The van der Waals surface area contributed by atoms with E-state index in [0.29, 0.717) is 5.75 Å². The fourth-order valence-electron chi connectivity index (χ4n) is 3.77. The van der Waals surface area contributed by atoms with E-state index in [1.54, 1.807) is 6.07 Å². The lowest BCUT2D eigenvalue weighted by molar-refractivity contribution is -0.00710. The summed E-state index contributed by atoms with van der Waals surface area (Å²) in [7, 11) is 0. The minimum absolute atomic E-state index is 0.0202. The van der Waals surface area contributed by atoms with Crippen molar-refractivity contribution in [3.05, 3.63) is 29.6 Å². The Hall–Kier alpha value is -1.82. The number of piperidine rings is 1. The Morgan fingerprint density at radius 3 is 2.48 bits per heavy atom. The number of hydrogen-bond acceptors (Lipinski definition) is 4. The third-order valence-electron chi connectivity index (χ3n) is 4.78. The van der Waals surface area contributed by atoms with E-state index in [9.17, 15) is 14.3 Å². The molecular formula is C19H26FNO4. The van der Waals surface area contributed by atoms with Crippen molar-refractivity contribution in [2.75, 3.05) is 0 Å². The molecule has 3 rings (SSSR count). The summed E-state index contributed by atoms with van der Waals surface area (Å²) in [4.78, 5) is 14.3. The molecule has 1 N–H and O–H groups in total. The second-order valence-electron chi connectivity index (χ2n) is 7.90. The fourth-order valence-corrected chi connectivity index (χ4v) is 3.77. The summed E-state index contributed by atoms with van der Waals surface area (Å²) in [5.74, 6) is 0.121. The second kappa shape index (κ2) is 6.83. The van der Waals surface area contributed by atoms with E-state index >= 15 is 0 Å². The number of hydrogen-bond donors (Lipinski definition) is 1. The molecule has 0 radical (unpaired) electrons. The first-order valence-corrected chi connectivity index (χ1v) is 8.84. The third-order valence-corrected chi connectivity index (χ3v) is 4.78. The molecule has 1 aromatic carbocycles. The van der Waals surface area contributed by atoms with Gasteiger partial charge in [0.25, 0.3) is 0 Å². The average molecular weight is 351 g/mol. The number of carbonyl (C=O) groups is 1. The van der Waals surface area contributed by atoms with Crippen molar-refractivity contribution in [2.45, 2.75) is 76.9 Å². The predicted molar refractivity (Wildman–Crippen MR) is 90.9 cm³/mol. The van der Waals surface area contributed by atoms with Gasteiger partial charge in [0.1, 0.15) is 23.3 Å². The third kappa shape index (κ3) is 4.06. The number of carbonyl (C=O) groups excluding carboxylic acids is 1. The molecule has 138 valence electrons. The lowest BCUT2D eigenvalue weighted by atomic mass is 10.00. The predicted octanol–water partition coefficient (Wildman–Crippen LogP) is 3.63. The number of aliphatic hydroxyl groups is 1. The Kier molecular flexibility index (Phi) is 4.91. The first-order valence-electron chi connectivity index (χ1n) is 8.84. The van der Waals surface area contributed by atoms with Crippen LogP contribution in [-0.2, 0) is 11.3 Å². The highest BCUT2D eigenvalue weighted by molar-refractivity contribution is 5.69. The highest BCUT2D eigenvalue weighted by atomic mass is 19.1. The molecule has 2 heterocycles. The fraction of sp³-hybridized carbons (Fsp3) is 0.632. The molecule has 0 spiro atoms. The molecule has 6 heteroatoms. The molecule has 2 bridgehead atoms. The van der Waals surface area contributed by atoms with Crippen LogP contribution in [0.4, 0.5) is 9.18 Å². The minimum Gasteiger partial charge on any atom is -0.490 e. The van der Waals surface area contributed by atoms with Crippen LogP contribution in [0.2, 0.25) is 0 Å². The number of fused-ring (bicyclic) bond motifs is 2. The first kappa shape index (κ1) is 18.0. The van der Waals surface area contributed by atoms with E-state index in [2.05, 4.69) is 0 Å². The smallest absolute Gasteiger partial charge is 0.410 e. The number of aliphatic hydroxyl groups excluding tert-OH is 1. The largest absolute Gasteiger partial charge is 0.490 e. The molecule has 0 aromatic heterocycles. The quantitative estimate of drug-likeness (QED) is 0.903. The standard InChI is InChI=1S/C19H26FNO4/c1-19(2,3)25-18(23)21-13-4-5-14(21)10-16(9-13)24-15-6-7-17(20)12(8-15)11-22/h6-8,13-14,16,22H,4-5,9-11H2,1-3H3/t13-,14+,16+. The average Bonchev–Trinajstić information content (AvgIpc) is 2.79. The van der Waals surface area contributed by atoms with E-state index < -0.39 is 11.4 Å². The molecule has 3 atom stereocenters. The number of benzene rings is 1. The number of nitrogens with zero attached hydrogens (tertiary/aromatic N) is 1. The summed E-state index contributed by atoms with van der Waals surface area (Å²) in [6.45, 7) is 5.26. The summed E-state index contributed by atoms with van der Waals surface area (Å²) < 4.78 is 25.0. The Bertz CT molecular complexity index is 629. The minimum atomic E-state index is -0.501. The van der Waals surface area contributed by atoms with Crippen LogP contribution in [0.1, 0.15) is 52.0 Å². The van der Waals surface area contributed by atoms with Crippen molar-refractivity contribution in [3.63, 3.8) is 0 Å². The van der Waals surface area contributed by atoms with Crippen LogP contribution in [-0.4, -0.2) is 39.9 Å². The summed E-state index contributed by atoms with van der Waals surface area (Å²) in [5, 5.41) is 9.18. The van der Waals surface area contributed by atoms with Crippen molar-refractivity contribution in [1.82, 2.24) is 4.90 Å². The van der Waals surface area contributed by atoms with Crippen LogP contribution >= 0.6 is 0 Å². The molecule has 1 amide bonds. The van der Waals surface area contributed by atoms with Gasteiger partial charge in [0.2, 0.25) is 0 Å². The van der Waals surface area contributed by atoms with E-state index in [1.165, 1.54) is 12.1 Å². The zero-order valence-corrected chi connectivity index (χ0v) is 15.0. The van der Waals surface area contributed by atoms with Crippen LogP contribution < -0.4 is 4.74 Å². The lowest BCUT2D eigenvalue weighted by Gasteiger charge is -2.39. The van der Waals surface area contributed by atoms with Gasteiger partial charge in [0, 0.05) is 30.5 Å². The van der Waals surface area contributed by atoms with Crippen molar-refractivity contribution < 1.29 is 23.8 Å². The number of ether oxygens (including phenoxy) is 2. The monoisotopic (exact) mass is 351 g/mol. The molecule has 25 heavy (non-hydrogen) atoms. The van der Waals surface area contributed by atoms with Gasteiger partial charge in [0.05, 0.1) is 6.61 Å². The van der Waals surface area contributed by atoms with Crippen LogP contribution in [0.5, 0.6) is 5.75 Å². The normalized spacial score (nSPS) is 25.8. The zero-order valence-electron chi connectivity index (χ0n) is 15.0. The topological polar surface area (TPSA) is 59.0 Å². The van der Waals surface area contributed by atoms with Crippen molar-refractivity contribution in [2.24, 2.45) is 0 Å². The summed E-state index contributed by atoms with van der Waals surface area (Å²) in [6.07, 6.45) is 3.11. The van der Waals surface area contributed by atoms with Gasteiger partial charge in [-0.3, -0.25) is 0 Å². The Morgan fingerprint density at radius 1 is 1.28 bits per heavy atom. The first-order chi connectivity index (χ1) is 11.8. The van der Waals surface area contributed by atoms with Crippen molar-refractivity contribution in [3.8, 4) is 5.75 Å². The Labute approximate surface area is 147 Å². The van der Waals surface area contributed by atoms with Gasteiger partial charge in [-0.15, -0.1) is 0 Å². The van der Waals surface area contributed by atoms with E-state index in [4.69, 9.17) is 9.47 Å². The Morgan fingerprint density at radius 2 is 1.92 bits per heavy atom. The van der Waals surface area contributed by atoms with Crippen molar-refractivity contribution in [1.29, 1.82) is 0 Å². The molecule has 0 aliphatic carbocycles. The van der Waals surface area contributed by atoms with Gasteiger partial charge in [-0.1, -0.05) is 0 Å². The van der Waals surface area contributed by atoms with E-state index in [-0.39, 0.29) is 36.5 Å². The maximum atomic E-state index is 13.5. The maximum absolute atomic E-state index is 13.5. The summed E-state index contributed by atoms with van der Waals surface area (Å²) >= 11 is 0. The van der Waals surface area contributed by atoms with Gasteiger partial charge >= 0.3 is 6.09 Å². The molecule has 2 aliphatic rings. The zero-order chi connectivity index (χ0) is 18.2. The van der Waals surface area contributed by atoms with Crippen LogP contribution in [0, 0.1) is 5.82 Å². The van der Waals surface area contributed by atoms with E-state index in [1.807, 2.05) is 25.7 Å². The molecule has 2 fully saturated rings. The van der Waals surface area contributed by atoms with Crippen LogP contribution in [0.25, 0.3) is 0 Å². The molecule has 0 saturated carbocycles. The van der Waals surface area contributed by atoms with Gasteiger partial charge in [-0.25, -0.2) is 9.18 Å². The highest BCUT2D eigenvalue weighted by Crippen LogP contribution is 2.38. The van der Waals surface area contributed by atoms with Gasteiger partial charge in [0.15, 0.2) is 0 Å². The van der Waals surface area contributed by atoms with Gasteiger partial charge in [-0.2, -0.15) is 0 Å². The number of rotatable bonds is 3. The molecule has 2 saturated heterocycles. The van der Waals surface area contributed by atoms with Gasteiger partial charge < -0.3 is 19.5 Å². The van der Waals surface area contributed by atoms with Crippen molar-refractivity contribution >= 4 is 6.09 Å². The second-order valence-corrected chi connectivity index (χ2v) is 7.90. The molecule has 0 unspecified atom stereocenters. The maximum Gasteiger partial charge on any atom is 0.410 e. The summed E-state index contributed by atoms with van der Waals surface area (Å²) in [5.41, 5.74) is -0.273. The van der Waals surface area contributed by atoms with E-state index in [0.717, 1.165) is 25.7 Å².